The first-order chi connectivity index (χ1) is 10.1. The number of rotatable bonds is 7. The number of nitro benzene ring substituents is 1. The van der Waals surface area contributed by atoms with Crippen LogP contribution in [0.25, 0.3) is 0 Å². The van der Waals surface area contributed by atoms with Crippen molar-refractivity contribution >= 4 is 21.7 Å². The summed E-state index contributed by atoms with van der Waals surface area (Å²) in [6, 6.07) is 2.51. The third-order valence-electron chi connectivity index (χ3n) is 3.42. The molecule has 0 aromatic heterocycles. The van der Waals surface area contributed by atoms with E-state index in [0.29, 0.717) is 6.42 Å². The van der Waals surface area contributed by atoms with Gasteiger partial charge in [0, 0.05) is 6.07 Å². The average Bonchev–Trinajstić information content (AvgIpc) is 2.43. The van der Waals surface area contributed by atoms with Crippen LogP contribution in [-0.2, 0) is 14.8 Å². The Morgan fingerprint density at radius 2 is 2.05 bits per heavy atom. The first-order valence-electron chi connectivity index (χ1n) is 6.61. The van der Waals surface area contributed by atoms with Crippen LogP contribution < -0.4 is 4.72 Å². The molecule has 2 N–H and O–H groups in total. The Morgan fingerprint density at radius 1 is 1.45 bits per heavy atom. The standard InChI is InChI=1S/C13H18N2O6S/c1-4-8(2)11(13(16)17)14-22(20,21)12-9(3)6-5-7-10(12)15(18)19/h5-8,11,14H,4H2,1-3H3,(H,16,17)/t8-,11-/m0/s1. The van der Waals surface area contributed by atoms with Crippen LogP contribution in [0.1, 0.15) is 25.8 Å². The van der Waals surface area contributed by atoms with Crippen molar-refractivity contribution in [2.75, 3.05) is 0 Å². The lowest BCUT2D eigenvalue weighted by molar-refractivity contribution is -0.387. The van der Waals surface area contributed by atoms with Gasteiger partial charge in [-0.2, -0.15) is 4.72 Å². The van der Waals surface area contributed by atoms with Crippen molar-refractivity contribution < 1.29 is 23.2 Å². The van der Waals surface area contributed by atoms with Gasteiger partial charge in [-0.3, -0.25) is 14.9 Å². The molecule has 1 rings (SSSR count). The van der Waals surface area contributed by atoms with E-state index in [-0.39, 0.29) is 5.56 Å². The molecule has 0 aliphatic carbocycles. The van der Waals surface area contributed by atoms with E-state index in [1.165, 1.54) is 19.1 Å². The zero-order chi connectivity index (χ0) is 17.1. The van der Waals surface area contributed by atoms with Crippen molar-refractivity contribution in [1.82, 2.24) is 4.72 Å². The third kappa shape index (κ3) is 3.80. The second-order valence-corrected chi connectivity index (χ2v) is 6.65. The number of nitro groups is 1. The molecule has 1 aromatic rings. The Morgan fingerprint density at radius 3 is 2.50 bits per heavy atom. The van der Waals surface area contributed by atoms with Crippen LogP contribution in [0.4, 0.5) is 5.69 Å². The number of carbonyl (C=O) groups is 1. The third-order valence-corrected chi connectivity index (χ3v) is 5.05. The second kappa shape index (κ2) is 6.84. The molecule has 0 bridgehead atoms. The van der Waals surface area contributed by atoms with Gasteiger partial charge in [0.05, 0.1) is 4.92 Å². The number of hydrogen-bond acceptors (Lipinski definition) is 5. The minimum Gasteiger partial charge on any atom is -0.480 e. The molecule has 1 aromatic carbocycles. The van der Waals surface area contributed by atoms with Gasteiger partial charge < -0.3 is 5.11 Å². The lowest BCUT2D eigenvalue weighted by Gasteiger charge is -2.20. The Kier molecular flexibility index (Phi) is 5.61. The molecular formula is C13H18N2O6S. The lowest BCUT2D eigenvalue weighted by atomic mass is 10.0. The van der Waals surface area contributed by atoms with E-state index in [2.05, 4.69) is 4.72 Å². The van der Waals surface area contributed by atoms with Crippen LogP contribution in [-0.4, -0.2) is 30.5 Å². The Labute approximate surface area is 128 Å². The molecular weight excluding hydrogens is 312 g/mol. The maximum atomic E-state index is 12.4. The highest BCUT2D eigenvalue weighted by atomic mass is 32.2. The molecule has 0 fully saturated rings. The lowest BCUT2D eigenvalue weighted by Crippen LogP contribution is -2.45. The monoisotopic (exact) mass is 330 g/mol. The maximum absolute atomic E-state index is 12.4. The van der Waals surface area contributed by atoms with E-state index in [4.69, 9.17) is 0 Å². The number of benzene rings is 1. The van der Waals surface area contributed by atoms with Crippen molar-refractivity contribution in [3.8, 4) is 0 Å². The molecule has 9 heteroatoms. The summed E-state index contributed by atoms with van der Waals surface area (Å²) in [6.45, 7) is 4.74. The zero-order valence-electron chi connectivity index (χ0n) is 12.4. The summed E-state index contributed by atoms with van der Waals surface area (Å²) < 4.78 is 26.9. The number of carboxylic acid groups (broad SMARTS) is 1. The van der Waals surface area contributed by atoms with Crippen molar-refractivity contribution in [1.29, 1.82) is 0 Å². The van der Waals surface area contributed by atoms with Gasteiger partial charge >= 0.3 is 5.97 Å². The molecule has 8 nitrogen and oxygen atoms in total. The average molecular weight is 330 g/mol. The van der Waals surface area contributed by atoms with Gasteiger partial charge in [0.2, 0.25) is 10.0 Å². The van der Waals surface area contributed by atoms with E-state index >= 15 is 0 Å². The van der Waals surface area contributed by atoms with Crippen LogP contribution in [0.3, 0.4) is 0 Å². The van der Waals surface area contributed by atoms with Gasteiger partial charge in [-0.1, -0.05) is 32.4 Å². The summed E-state index contributed by atoms with van der Waals surface area (Å²) >= 11 is 0. The van der Waals surface area contributed by atoms with Crippen LogP contribution >= 0.6 is 0 Å². The van der Waals surface area contributed by atoms with Crippen molar-refractivity contribution in [3.63, 3.8) is 0 Å². The van der Waals surface area contributed by atoms with Gasteiger partial charge in [0.25, 0.3) is 5.69 Å². The van der Waals surface area contributed by atoms with Gasteiger partial charge in [0.15, 0.2) is 4.90 Å². The molecule has 0 aliphatic rings. The molecule has 122 valence electrons. The highest BCUT2D eigenvalue weighted by Gasteiger charge is 2.34. The van der Waals surface area contributed by atoms with Crippen molar-refractivity contribution in [3.05, 3.63) is 33.9 Å². The zero-order valence-corrected chi connectivity index (χ0v) is 13.3. The first kappa shape index (κ1) is 18.1. The van der Waals surface area contributed by atoms with Crippen LogP contribution in [0.15, 0.2) is 23.1 Å². The Hall–Kier alpha value is -2.00. The number of aryl methyl sites for hydroxylation is 1. The number of aliphatic carboxylic acids is 1. The largest absolute Gasteiger partial charge is 0.480 e. The van der Waals surface area contributed by atoms with Crippen molar-refractivity contribution in [2.24, 2.45) is 5.92 Å². The molecule has 0 amide bonds. The Bertz CT molecular complexity index is 686. The fourth-order valence-corrected chi connectivity index (χ4v) is 3.70. The smallest absolute Gasteiger partial charge is 0.322 e. The summed E-state index contributed by atoms with van der Waals surface area (Å²) in [7, 11) is -4.34. The molecule has 0 unspecified atom stereocenters. The van der Waals surface area contributed by atoms with E-state index in [1.807, 2.05) is 0 Å². The van der Waals surface area contributed by atoms with Crippen LogP contribution in [0.2, 0.25) is 0 Å². The summed E-state index contributed by atoms with van der Waals surface area (Å²) in [5.41, 5.74) is -0.407. The topological polar surface area (TPSA) is 127 Å². The fraction of sp³-hybridized carbons (Fsp3) is 0.462. The number of nitrogens with zero attached hydrogens (tertiary/aromatic N) is 1. The molecule has 0 saturated heterocycles. The van der Waals surface area contributed by atoms with Gasteiger partial charge in [-0.05, 0) is 18.4 Å². The van der Waals surface area contributed by atoms with Gasteiger partial charge in [-0.25, -0.2) is 8.42 Å². The normalized spacial score (nSPS) is 14.3. The molecule has 2 atom stereocenters. The van der Waals surface area contributed by atoms with Crippen molar-refractivity contribution in [2.45, 2.75) is 38.1 Å². The minimum absolute atomic E-state index is 0.176. The summed E-state index contributed by atoms with van der Waals surface area (Å²) in [4.78, 5) is 21.0. The number of sulfonamides is 1. The number of carboxylic acids is 1. The van der Waals surface area contributed by atoms with E-state index in [9.17, 15) is 28.4 Å². The van der Waals surface area contributed by atoms with E-state index < -0.39 is 43.5 Å². The van der Waals surface area contributed by atoms with Crippen LogP contribution in [0.5, 0.6) is 0 Å². The predicted molar refractivity (Wildman–Crippen MR) is 79.0 cm³/mol. The fourth-order valence-electron chi connectivity index (χ4n) is 2.00. The van der Waals surface area contributed by atoms with Gasteiger partial charge in [-0.15, -0.1) is 0 Å². The quantitative estimate of drug-likeness (QED) is 0.578. The summed E-state index contributed by atoms with van der Waals surface area (Å²) in [5, 5.41) is 20.2. The first-order valence-corrected chi connectivity index (χ1v) is 8.09. The van der Waals surface area contributed by atoms with Crippen LogP contribution in [0, 0.1) is 23.0 Å². The number of hydrogen-bond donors (Lipinski definition) is 2. The van der Waals surface area contributed by atoms with E-state index in [1.54, 1.807) is 13.8 Å². The van der Waals surface area contributed by atoms with Gasteiger partial charge in [0.1, 0.15) is 6.04 Å². The maximum Gasteiger partial charge on any atom is 0.322 e. The van der Waals surface area contributed by atoms with E-state index in [0.717, 1.165) is 6.07 Å². The Balaban J connectivity index is 3.36. The SMILES string of the molecule is CC[C@H](C)[C@H](NS(=O)(=O)c1c(C)cccc1[N+](=O)[O-])C(=O)O. The number of nitrogens with one attached hydrogen (secondary N) is 1. The predicted octanol–water partition coefficient (Wildman–Crippen LogP) is 1.68. The molecule has 0 radical (unpaired) electrons. The summed E-state index contributed by atoms with van der Waals surface area (Å²) in [5.74, 6) is -1.79. The molecule has 0 saturated carbocycles. The molecule has 22 heavy (non-hydrogen) atoms. The highest BCUT2D eigenvalue weighted by Crippen LogP contribution is 2.27. The highest BCUT2D eigenvalue weighted by molar-refractivity contribution is 7.89. The second-order valence-electron chi connectivity index (χ2n) is 5.00. The molecule has 0 aliphatic heterocycles. The molecule has 0 spiro atoms. The minimum atomic E-state index is -4.34. The summed E-state index contributed by atoms with van der Waals surface area (Å²) in [6.07, 6.45) is 0.440. The molecule has 0 heterocycles.